The minimum Gasteiger partial charge on any atom is -0.301 e. The van der Waals surface area contributed by atoms with Gasteiger partial charge in [0.2, 0.25) is 0 Å². The van der Waals surface area contributed by atoms with Crippen molar-refractivity contribution in [1.29, 1.82) is 0 Å². The van der Waals surface area contributed by atoms with Crippen LogP contribution in [0.5, 0.6) is 0 Å². The molecule has 1 fully saturated rings. The van der Waals surface area contributed by atoms with Gasteiger partial charge in [0, 0.05) is 23.0 Å². The summed E-state index contributed by atoms with van der Waals surface area (Å²) in [7, 11) is 0. The SMILES string of the molecule is CC1=C(CCC(C)c2cccc(CC3NC3C(=O)c3cccc4ccccc34)c2Cl)CCCC1=O. The molecule has 180 valence electrons. The van der Waals surface area contributed by atoms with E-state index in [1.54, 1.807) is 0 Å². The Morgan fingerprint density at radius 2 is 1.83 bits per heavy atom. The van der Waals surface area contributed by atoms with Crippen LogP contribution >= 0.6 is 11.6 Å². The standard InChI is InChI=1S/C31H32ClNO2/c1-19(16-17-21-9-7-15-28(34)20(21)2)24-13-6-11-23(29(24)32)18-27-30(33-27)31(35)26-14-5-10-22-8-3-4-12-25(22)26/h3-6,8,10-14,19,27,30,33H,7,9,15-18H2,1-2H3. The van der Waals surface area contributed by atoms with E-state index in [1.165, 1.54) is 5.57 Å². The van der Waals surface area contributed by atoms with Crippen LogP contribution in [-0.4, -0.2) is 23.7 Å². The van der Waals surface area contributed by atoms with Crippen LogP contribution < -0.4 is 5.32 Å². The number of ketones is 2. The molecule has 3 unspecified atom stereocenters. The fraction of sp³-hybridized carbons (Fsp3) is 0.355. The Labute approximate surface area is 212 Å². The van der Waals surface area contributed by atoms with Gasteiger partial charge in [-0.1, -0.05) is 84.8 Å². The first-order valence-corrected chi connectivity index (χ1v) is 13.1. The summed E-state index contributed by atoms with van der Waals surface area (Å²) in [5, 5.41) is 6.30. The van der Waals surface area contributed by atoms with Gasteiger partial charge < -0.3 is 5.32 Å². The molecule has 0 amide bonds. The van der Waals surface area contributed by atoms with Crippen LogP contribution in [0.3, 0.4) is 0 Å². The zero-order valence-corrected chi connectivity index (χ0v) is 21.2. The van der Waals surface area contributed by atoms with Crippen molar-refractivity contribution in [3.05, 3.63) is 93.5 Å². The molecule has 2 aliphatic rings. The molecule has 0 aromatic heterocycles. The van der Waals surface area contributed by atoms with Gasteiger partial charge in [0.1, 0.15) is 0 Å². The van der Waals surface area contributed by atoms with Crippen molar-refractivity contribution in [3.8, 4) is 0 Å². The van der Waals surface area contributed by atoms with Gasteiger partial charge in [-0.25, -0.2) is 0 Å². The van der Waals surface area contributed by atoms with E-state index in [2.05, 4.69) is 30.4 Å². The van der Waals surface area contributed by atoms with Crippen molar-refractivity contribution in [1.82, 2.24) is 5.32 Å². The highest BCUT2D eigenvalue weighted by Crippen LogP contribution is 2.35. The largest absolute Gasteiger partial charge is 0.301 e. The maximum absolute atomic E-state index is 13.2. The number of Topliss-reactive ketones (excluding diaryl/α,β-unsaturated/α-hetero) is 2. The third-order valence-electron chi connectivity index (χ3n) is 7.81. The number of fused-ring (bicyclic) bond motifs is 1. The fourth-order valence-corrected chi connectivity index (χ4v) is 5.88. The molecule has 3 aromatic rings. The van der Waals surface area contributed by atoms with Crippen molar-refractivity contribution in [2.45, 2.75) is 70.4 Å². The predicted octanol–water partition coefficient (Wildman–Crippen LogP) is 7.21. The van der Waals surface area contributed by atoms with Gasteiger partial charge in [-0.3, -0.25) is 9.59 Å². The number of halogens is 1. The van der Waals surface area contributed by atoms with Crippen LogP contribution in [0.25, 0.3) is 10.8 Å². The van der Waals surface area contributed by atoms with Gasteiger partial charge in [0.25, 0.3) is 0 Å². The summed E-state index contributed by atoms with van der Waals surface area (Å²) in [6, 6.07) is 20.2. The Morgan fingerprint density at radius 3 is 2.69 bits per heavy atom. The number of hydrogen-bond acceptors (Lipinski definition) is 3. The highest BCUT2D eigenvalue weighted by molar-refractivity contribution is 6.32. The van der Waals surface area contributed by atoms with E-state index in [-0.39, 0.29) is 17.9 Å². The Kier molecular flexibility index (Phi) is 6.91. The van der Waals surface area contributed by atoms with Gasteiger partial charge in [-0.15, -0.1) is 0 Å². The number of nitrogens with one attached hydrogen (secondary N) is 1. The first-order chi connectivity index (χ1) is 16.9. The number of benzene rings is 3. The van der Waals surface area contributed by atoms with E-state index >= 15 is 0 Å². The van der Waals surface area contributed by atoms with E-state index in [4.69, 9.17) is 11.6 Å². The van der Waals surface area contributed by atoms with Crippen molar-refractivity contribution in [2.75, 3.05) is 0 Å². The highest BCUT2D eigenvalue weighted by Gasteiger charge is 2.43. The van der Waals surface area contributed by atoms with Crippen molar-refractivity contribution in [3.63, 3.8) is 0 Å². The Balaban J connectivity index is 1.25. The average molecular weight is 486 g/mol. The summed E-state index contributed by atoms with van der Waals surface area (Å²) in [6.07, 6.45) is 5.37. The monoisotopic (exact) mass is 485 g/mol. The normalized spacial score (nSPS) is 20.8. The molecule has 1 saturated heterocycles. The lowest BCUT2D eigenvalue weighted by Crippen LogP contribution is -2.13. The van der Waals surface area contributed by atoms with Crippen LogP contribution in [0.1, 0.15) is 73.4 Å². The lowest BCUT2D eigenvalue weighted by molar-refractivity contribution is -0.116. The first-order valence-electron chi connectivity index (χ1n) is 12.7. The van der Waals surface area contributed by atoms with Crippen LogP contribution in [0.2, 0.25) is 5.02 Å². The smallest absolute Gasteiger partial charge is 0.181 e. The summed E-state index contributed by atoms with van der Waals surface area (Å²) in [5.74, 6) is 0.765. The molecule has 4 heteroatoms. The summed E-state index contributed by atoms with van der Waals surface area (Å²) in [5.41, 5.74) is 5.32. The van der Waals surface area contributed by atoms with Gasteiger partial charge in [-0.05, 0) is 72.4 Å². The van der Waals surface area contributed by atoms with Crippen LogP contribution in [0, 0.1) is 0 Å². The Bertz CT molecular complexity index is 1320. The zero-order valence-electron chi connectivity index (χ0n) is 20.4. The molecule has 0 spiro atoms. The molecule has 3 atom stereocenters. The van der Waals surface area contributed by atoms with Gasteiger partial charge in [0.15, 0.2) is 11.6 Å². The maximum Gasteiger partial charge on any atom is 0.181 e. The third-order valence-corrected chi connectivity index (χ3v) is 8.27. The first kappa shape index (κ1) is 24.0. The molecule has 35 heavy (non-hydrogen) atoms. The lowest BCUT2D eigenvalue weighted by Gasteiger charge is -2.20. The van der Waals surface area contributed by atoms with Gasteiger partial charge in [0.05, 0.1) is 6.04 Å². The second-order valence-electron chi connectivity index (χ2n) is 10.1. The molecule has 1 heterocycles. The summed E-state index contributed by atoms with van der Waals surface area (Å²) in [6.45, 7) is 4.20. The fourth-order valence-electron chi connectivity index (χ4n) is 5.49. The van der Waals surface area contributed by atoms with E-state index in [1.807, 2.05) is 49.4 Å². The van der Waals surface area contributed by atoms with Crippen LogP contribution in [0.15, 0.2) is 71.8 Å². The Morgan fingerprint density at radius 1 is 1.06 bits per heavy atom. The van der Waals surface area contributed by atoms with Crippen molar-refractivity contribution in [2.24, 2.45) is 0 Å². The minimum absolute atomic E-state index is 0.102. The number of allylic oxidation sites excluding steroid dienone is 2. The van der Waals surface area contributed by atoms with E-state index in [9.17, 15) is 9.59 Å². The number of rotatable bonds is 8. The topological polar surface area (TPSA) is 56.1 Å². The van der Waals surface area contributed by atoms with Gasteiger partial charge in [-0.2, -0.15) is 0 Å². The molecule has 3 aromatic carbocycles. The number of carbonyl (C=O) groups is 2. The van der Waals surface area contributed by atoms with E-state index in [0.29, 0.717) is 18.1 Å². The van der Waals surface area contributed by atoms with Crippen LogP contribution in [0.4, 0.5) is 0 Å². The number of carbonyl (C=O) groups excluding carboxylic acids is 2. The van der Waals surface area contributed by atoms with E-state index < -0.39 is 0 Å². The molecule has 0 bridgehead atoms. The second-order valence-corrected chi connectivity index (χ2v) is 10.5. The molecule has 0 saturated carbocycles. The Hall–Kier alpha value is -2.75. The van der Waals surface area contributed by atoms with Crippen LogP contribution in [-0.2, 0) is 11.2 Å². The molecule has 3 nitrogen and oxygen atoms in total. The molecule has 1 aliphatic carbocycles. The second kappa shape index (κ2) is 10.1. The molecular formula is C31H32ClNO2. The quantitative estimate of drug-likeness (QED) is 0.271. The maximum atomic E-state index is 13.2. The average Bonchev–Trinajstić information content (AvgIpc) is 3.64. The lowest BCUT2D eigenvalue weighted by atomic mass is 9.85. The molecule has 1 aliphatic heterocycles. The van der Waals surface area contributed by atoms with Crippen molar-refractivity contribution < 1.29 is 9.59 Å². The molecular weight excluding hydrogens is 454 g/mol. The number of hydrogen-bond donors (Lipinski definition) is 1. The summed E-state index contributed by atoms with van der Waals surface area (Å²) in [4.78, 5) is 25.3. The van der Waals surface area contributed by atoms with E-state index in [0.717, 1.165) is 70.2 Å². The molecule has 5 rings (SSSR count). The summed E-state index contributed by atoms with van der Waals surface area (Å²) < 4.78 is 0. The zero-order chi connectivity index (χ0) is 24.5. The molecule has 1 N–H and O–H groups in total. The predicted molar refractivity (Wildman–Crippen MR) is 143 cm³/mol. The van der Waals surface area contributed by atoms with Gasteiger partial charge >= 0.3 is 0 Å². The highest BCUT2D eigenvalue weighted by atomic mass is 35.5. The molecule has 0 radical (unpaired) electrons. The summed E-state index contributed by atoms with van der Waals surface area (Å²) >= 11 is 6.89. The van der Waals surface area contributed by atoms with Crippen molar-refractivity contribution >= 4 is 33.9 Å². The third kappa shape index (κ3) is 4.98. The minimum atomic E-state index is -0.170.